The van der Waals surface area contributed by atoms with Gasteiger partial charge >= 0.3 is 0 Å². The van der Waals surface area contributed by atoms with Gasteiger partial charge in [0.25, 0.3) is 0 Å². The number of benzene rings is 1. The molecular formula is C15H17Cl2N3O. The number of aromatic nitrogens is 2. The van der Waals surface area contributed by atoms with Gasteiger partial charge in [0.05, 0.1) is 10.0 Å². The van der Waals surface area contributed by atoms with E-state index in [9.17, 15) is 0 Å². The zero-order valence-corrected chi connectivity index (χ0v) is 13.2. The minimum atomic E-state index is 0.462. The molecule has 21 heavy (non-hydrogen) atoms. The maximum absolute atomic E-state index is 6.17. The normalized spacial score (nSPS) is 15.7. The van der Waals surface area contributed by atoms with E-state index in [0.29, 0.717) is 27.3 Å². The second kappa shape index (κ2) is 6.77. The molecule has 112 valence electrons. The van der Waals surface area contributed by atoms with Crippen molar-refractivity contribution in [2.45, 2.75) is 25.7 Å². The summed E-state index contributed by atoms with van der Waals surface area (Å²) in [6, 6.07) is 5.41. The van der Waals surface area contributed by atoms with Crippen molar-refractivity contribution in [1.29, 1.82) is 0 Å². The summed E-state index contributed by atoms with van der Waals surface area (Å²) < 4.78 is 5.30. The molecule has 0 unspecified atom stereocenters. The first kappa shape index (κ1) is 14.8. The fraction of sp³-hybridized carbons (Fsp3) is 0.467. The van der Waals surface area contributed by atoms with Crippen LogP contribution in [-0.4, -0.2) is 34.7 Å². The molecule has 2 aromatic rings. The van der Waals surface area contributed by atoms with E-state index in [-0.39, 0.29) is 0 Å². The molecule has 1 fully saturated rings. The average molecular weight is 326 g/mol. The predicted octanol–water partition coefficient (Wildman–Crippen LogP) is 4.07. The molecule has 0 bridgehead atoms. The number of hydrogen-bond donors (Lipinski definition) is 0. The summed E-state index contributed by atoms with van der Waals surface area (Å²) in [4.78, 5) is 6.88. The number of likely N-dealkylation sites (tertiary alicyclic amines) is 1. The molecular weight excluding hydrogens is 309 g/mol. The average Bonchev–Trinajstić information content (AvgIpc) is 3.14. The Labute approximate surface area is 134 Å². The fourth-order valence-corrected chi connectivity index (χ4v) is 2.99. The summed E-state index contributed by atoms with van der Waals surface area (Å²) in [5, 5.41) is 4.95. The molecule has 2 heterocycles. The van der Waals surface area contributed by atoms with Crippen LogP contribution in [0.5, 0.6) is 0 Å². The molecule has 1 aromatic heterocycles. The van der Waals surface area contributed by atoms with Crippen LogP contribution in [0.4, 0.5) is 0 Å². The molecule has 1 aliphatic rings. The Balaban J connectivity index is 1.61. The summed E-state index contributed by atoms with van der Waals surface area (Å²) in [5.74, 6) is 1.15. The van der Waals surface area contributed by atoms with Crippen molar-refractivity contribution in [2.75, 3.05) is 19.6 Å². The topological polar surface area (TPSA) is 42.2 Å². The van der Waals surface area contributed by atoms with Crippen LogP contribution in [0, 0.1) is 0 Å². The molecule has 0 spiro atoms. The first-order valence-corrected chi connectivity index (χ1v) is 7.99. The minimum Gasteiger partial charge on any atom is -0.339 e. The molecule has 0 amide bonds. The van der Waals surface area contributed by atoms with Gasteiger partial charge in [-0.3, -0.25) is 0 Å². The summed E-state index contributed by atoms with van der Waals surface area (Å²) in [6.45, 7) is 3.52. The second-order valence-electron chi connectivity index (χ2n) is 5.27. The van der Waals surface area contributed by atoms with E-state index in [1.807, 2.05) is 12.1 Å². The number of hydrogen-bond acceptors (Lipinski definition) is 4. The monoisotopic (exact) mass is 325 g/mol. The Kier molecular flexibility index (Phi) is 4.78. The van der Waals surface area contributed by atoms with Gasteiger partial charge in [0.15, 0.2) is 0 Å². The van der Waals surface area contributed by atoms with Crippen LogP contribution < -0.4 is 0 Å². The number of aryl methyl sites for hydroxylation is 1. The maximum Gasteiger partial charge on any atom is 0.227 e. The SMILES string of the molecule is Clc1cccc(-c2noc(CCCN3CCCC3)n2)c1Cl. The molecule has 0 saturated carbocycles. The number of nitrogens with zero attached hydrogens (tertiary/aromatic N) is 3. The third kappa shape index (κ3) is 3.57. The molecule has 4 nitrogen and oxygen atoms in total. The van der Waals surface area contributed by atoms with E-state index in [0.717, 1.165) is 19.4 Å². The van der Waals surface area contributed by atoms with Gasteiger partial charge in [-0.25, -0.2) is 0 Å². The van der Waals surface area contributed by atoms with E-state index >= 15 is 0 Å². The third-order valence-corrected chi connectivity index (χ3v) is 4.54. The Bertz CT molecular complexity index is 609. The van der Waals surface area contributed by atoms with Gasteiger partial charge in [-0.15, -0.1) is 0 Å². The molecule has 1 aliphatic heterocycles. The van der Waals surface area contributed by atoms with Crippen molar-refractivity contribution >= 4 is 23.2 Å². The second-order valence-corrected chi connectivity index (χ2v) is 6.05. The van der Waals surface area contributed by atoms with E-state index in [4.69, 9.17) is 27.7 Å². The summed E-state index contributed by atoms with van der Waals surface area (Å²) in [7, 11) is 0. The third-order valence-electron chi connectivity index (χ3n) is 3.72. The van der Waals surface area contributed by atoms with E-state index < -0.39 is 0 Å². The van der Waals surface area contributed by atoms with Crippen molar-refractivity contribution < 1.29 is 4.52 Å². The standard InChI is InChI=1S/C15H17Cl2N3O/c16-12-6-3-5-11(14(12)17)15-18-13(21-19-15)7-4-10-20-8-1-2-9-20/h3,5-6H,1-2,4,7-10H2. The number of halogens is 2. The van der Waals surface area contributed by atoms with E-state index in [2.05, 4.69) is 15.0 Å². The van der Waals surface area contributed by atoms with Crippen molar-refractivity contribution in [3.8, 4) is 11.4 Å². The molecule has 0 atom stereocenters. The van der Waals surface area contributed by atoms with Crippen LogP contribution in [0.3, 0.4) is 0 Å². The van der Waals surface area contributed by atoms with Crippen molar-refractivity contribution in [1.82, 2.24) is 15.0 Å². The summed E-state index contributed by atoms with van der Waals surface area (Å²) >= 11 is 12.2. The molecule has 0 N–H and O–H groups in total. The molecule has 0 aliphatic carbocycles. The van der Waals surface area contributed by atoms with E-state index in [1.165, 1.54) is 25.9 Å². The molecule has 0 radical (unpaired) electrons. The Morgan fingerprint density at radius 1 is 1.19 bits per heavy atom. The Morgan fingerprint density at radius 3 is 2.81 bits per heavy atom. The van der Waals surface area contributed by atoms with Gasteiger partial charge < -0.3 is 9.42 Å². The van der Waals surface area contributed by atoms with Crippen LogP contribution in [-0.2, 0) is 6.42 Å². The van der Waals surface area contributed by atoms with Crippen molar-refractivity contribution in [2.24, 2.45) is 0 Å². The lowest BCUT2D eigenvalue weighted by Crippen LogP contribution is -2.20. The Hall–Kier alpha value is -1.10. The molecule has 1 aromatic carbocycles. The summed E-state index contributed by atoms with van der Waals surface area (Å²) in [6.07, 6.45) is 4.46. The zero-order chi connectivity index (χ0) is 14.7. The molecule has 3 rings (SSSR count). The highest BCUT2D eigenvalue weighted by Crippen LogP contribution is 2.31. The maximum atomic E-state index is 6.17. The summed E-state index contributed by atoms with van der Waals surface area (Å²) in [5.41, 5.74) is 0.707. The lowest BCUT2D eigenvalue weighted by atomic mass is 10.2. The highest BCUT2D eigenvalue weighted by molar-refractivity contribution is 6.43. The van der Waals surface area contributed by atoms with Gasteiger partial charge in [0.1, 0.15) is 0 Å². The van der Waals surface area contributed by atoms with Gasteiger partial charge in [-0.2, -0.15) is 4.98 Å². The minimum absolute atomic E-state index is 0.462. The van der Waals surface area contributed by atoms with Crippen molar-refractivity contribution in [3.05, 3.63) is 34.1 Å². The largest absolute Gasteiger partial charge is 0.339 e. The number of rotatable bonds is 5. The van der Waals surface area contributed by atoms with Gasteiger partial charge in [-0.05, 0) is 51.0 Å². The lowest BCUT2D eigenvalue weighted by molar-refractivity contribution is 0.319. The van der Waals surface area contributed by atoms with Gasteiger partial charge in [0.2, 0.25) is 11.7 Å². The van der Waals surface area contributed by atoms with Gasteiger partial charge in [-0.1, -0.05) is 34.4 Å². The van der Waals surface area contributed by atoms with Crippen molar-refractivity contribution in [3.63, 3.8) is 0 Å². The highest BCUT2D eigenvalue weighted by Gasteiger charge is 2.15. The molecule has 6 heteroatoms. The quantitative estimate of drug-likeness (QED) is 0.830. The first-order chi connectivity index (χ1) is 10.2. The van der Waals surface area contributed by atoms with Crippen LogP contribution in [0.15, 0.2) is 22.7 Å². The zero-order valence-electron chi connectivity index (χ0n) is 11.7. The first-order valence-electron chi connectivity index (χ1n) is 7.23. The smallest absolute Gasteiger partial charge is 0.227 e. The van der Waals surface area contributed by atoms with Crippen LogP contribution in [0.2, 0.25) is 10.0 Å². The van der Waals surface area contributed by atoms with Gasteiger partial charge in [0, 0.05) is 12.0 Å². The predicted molar refractivity (Wildman–Crippen MR) is 83.7 cm³/mol. The molecule has 1 saturated heterocycles. The van der Waals surface area contributed by atoms with Crippen LogP contribution >= 0.6 is 23.2 Å². The Morgan fingerprint density at radius 2 is 2.00 bits per heavy atom. The fourth-order valence-electron chi connectivity index (χ4n) is 2.60. The van der Waals surface area contributed by atoms with Crippen LogP contribution in [0.1, 0.15) is 25.2 Å². The highest BCUT2D eigenvalue weighted by atomic mass is 35.5. The van der Waals surface area contributed by atoms with Crippen LogP contribution in [0.25, 0.3) is 11.4 Å². The lowest BCUT2D eigenvalue weighted by Gasteiger charge is -2.12. The van der Waals surface area contributed by atoms with E-state index in [1.54, 1.807) is 6.07 Å².